The van der Waals surface area contributed by atoms with Crippen LogP contribution in [0.15, 0.2) is 111 Å². The molecule has 4 aromatic carbocycles. The lowest BCUT2D eigenvalue weighted by Crippen LogP contribution is -2.53. The van der Waals surface area contributed by atoms with Gasteiger partial charge in [0.25, 0.3) is 5.91 Å². The summed E-state index contributed by atoms with van der Waals surface area (Å²) >= 11 is 7.38. The van der Waals surface area contributed by atoms with Crippen LogP contribution in [0.25, 0.3) is 0 Å². The lowest BCUT2D eigenvalue weighted by atomic mass is 9.82. The summed E-state index contributed by atoms with van der Waals surface area (Å²) in [6, 6.07) is 31.1. The number of rotatable bonds is 13. The molecular formula is C35H36Br2N4O4. The Morgan fingerprint density at radius 1 is 0.956 bits per heavy atom. The van der Waals surface area contributed by atoms with Gasteiger partial charge < -0.3 is 19.5 Å². The first-order chi connectivity index (χ1) is 21.8. The molecule has 0 radical (unpaired) electrons. The number of amides is 1. The molecule has 0 aromatic heterocycles. The Balaban J connectivity index is 1.50. The maximum Gasteiger partial charge on any atom is 0.266 e. The van der Waals surface area contributed by atoms with Crippen molar-refractivity contribution >= 4 is 49.4 Å². The molecule has 1 heterocycles. The van der Waals surface area contributed by atoms with E-state index < -0.39 is 11.6 Å². The second-order valence-corrected chi connectivity index (χ2v) is 12.7. The molecule has 0 spiro atoms. The lowest BCUT2D eigenvalue weighted by Gasteiger charge is -2.31. The van der Waals surface area contributed by atoms with Crippen LogP contribution in [0, 0.1) is 0 Å². The Morgan fingerprint density at radius 2 is 1.64 bits per heavy atom. The van der Waals surface area contributed by atoms with Crippen LogP contribution in [-0.2, 0) is 22.5 Å². The number of carbonyl (C=O) groups excluding carboxylic acids is 1. The SMILES string of the molecule is CN(C)c1ccc(CNNC(=O)[C@@]2(Cc3ccccc3Br)N=C(c3ccc(OCCCO)cc3)O[C@H]2c2ccccc2Br)cc1. The van der Waals surface area contributed by atoms with Gasteiger partial charge in [-0.15, -0.1) is 0 Å². The lowest BCUT2D eigenvalue weighted by molar-refractivity contribution is -0.130. The Hall–Kier alpha value is -3.70. The minimum absolute atomic E-state index is 0.0679. The van der Waals surface area contributed by atoms with E-state index in [1.807, 2.05) is 116 Å². The third-order valence-electron chi connectivity index (χ3n) is 7.58. The van der Waals surface area contributed by atoms with Crippen LogP contribution in [-0.4, -0.2) is 49.8 Å². The number of hydrazine groups is 1. The molecule has 1 amide bonds. The second-order valence-electron chi connectivity index (χ2n) is 10.9. The summed E-state index contributed by atoms with van der Waals surface area (Å²) in [7, 11) is 4.00. The van der Waals surface area contributed by atoms with Crippen LogP contribution in [0.1, 0.15) is 34.8 Å². The number of nitrogens with one attached hydrogen (secondary N) is 2. The number of aliphatic hydroxyl groups excluding tert-OH is 1. The van der Waals surface area contributed by atoms with Gasteiger partial charge in [0, 0.05) is 65.8 Å². The molecule has 4 aromatic rings. The van der Waals surface area contributed by atoms with Gasteiger partial charge in [0.2, 0.25) is 5.90 Å². The molecule has 0 unspecified atom stereocenters. The van der Waals surface area contributed by atoms with Crippen LogP contribution in [0.5, 0.6) is 5.75 Å². The van der Waals surface area contributed by atoms with Gasteiger partial charge in [0.15, 0.2) is 11.6 Å². The number of ether oxygens (including phenoxy) is 2. The molecule has 8 nitrogen and oxygen atoms in total. The molecule has 234 valence electrons. The quantitative estimate of drug-likeness (QED) is 0.109. The maximum absolute atomic E-state index is 14.5. The number of anilines is 1. The van der Waals surface area contributed by atoms with E-state index in [2.05, 4.69) is 42.7 Å². The maximum atomic E-state index is 14.5. The van der Waals surface area contributed by atoms with E-state index in [1.54, 1.807) is 0 Å². The van der Waals surface area contributed by atoms with E-state index in [1.165, 1.54) is 0 Å². The number of aliphatic imine (C=N–C) groups is 1. The summed E-state index contributed by atoms with van der Waals surface area (Å²) in [6.07, 6.45) is 0.0850. The number of aliphatic hydroxyl groups is 1. The van der Waals surface area contributed by atoms with Gasteiger partial charge in [-0.3, -0.25) is 10.2 Å². The Kier molecular flexibility index (Phi) is 10.9. The van der Waals surface area contributed by atoms with Crippen LogP contribution < -0.4 is 20.5 Å². The topological polar surface area (TPSA) is 95.4 Å². The second kappa shape index (κ2) is 15.1. The molecule has 1 aliphatic heterocycles. The van der Waals surface area contributed by atoms with E-state index in [0.29, 0.717) is 31.2 Å². The molecule has 45 heavy (non-hydrogen) atoms. The highest BCUT2D eigenvalue weighted by Crippen LogP contribution is 2.45. The number of carbonyl (C=O) groups is 1. The van der Waals surface area contributed by atoms with E-state index >= 15 is 0 Å². The number of hydrogen-bond donors (Lipinski definition) is 3. The molecule has 0 aliphatic carbocycles. The third kappa shape index (κ3) is 7.76. The first-order valence-electron chi connectivity index (χ1n) is 14.7. The molecule has 1 aliphatic rings. The fourth-order valence-corrected chi connectivity index (χ4v) is 6.04. The van der Waals surface area contributed by atoms with E-state index in [0.717, 1.165) is 36.9 Å². The van der Waals surface area contributed by atoms with E-state index in [-0.39, 0.29) is 18.9 Å². The summed E-state index contributed by atoms with van der Waals surface area (Å²) in [6.45, 7) is 0.914. The van der Waals surface area contributed by atoms with Crippen molar-refractivity contribution in [2.24, 2.45) is 4.99 Å². The van der Waals surface area contributed by atoms with Crippen molar-refractivity contribution in [1.82, 2.24) is 10.9 Å². The van der Waals surface area contributed by atoms with Crippen molar-refractivity contribution in [2.75, 3.05) is 32.2 Å². The molecular weight excluding hydrogens is 700 g/mol. The number of benzene rings is 4. The average Bonchev–Trinajstić information content (AvgIpc) is 3.43. The summed E-state index contributed by atoms with van der Waals surface area (Å²) in [4.78, 5) is 21.6. The highest BCUT2D eigenvalue weighted by atomic mass is 79.9. The largest absolute Gasteiger partial charge is 0.494 e. The van der Waals surface area contributed by atoms with Crippen molar-refractivity contribution in [3.63, 3.8) is 0 Å². The van der Waals surface area contributed by atoms with Gasteiger partial charge in [-0.1, -0.05) is 80.4 Å². The van der Waals surface area contributed by atoms with Gasteiger partial charge >= 0.3 is 0 Å². The predicted molar refractivity (Wildman–Crippen MR) is 184 cm³/mol. The normalized spacial score (nSPS) is 17.4. The zero-order valence-corrected chi connectivity index (χ0v) is 28.3. The zero-order chi connectivity index (χ0) is 31.8. The molecule has 0 fully saturated rings. The van der Waals surface area contributed by atoms with Crippen molar-refractivity contribution in [3.8, 4) is 5.75 Å². The molecule has 3 N–H and O–H groups in total. The molecule has 10 heteroatoms. The summed E-state index contributed by atoms with van der Waals surface area (Å²) in [5.74, 6) is 0.718. The molecule has 0 saturated heterocycles. The minimum atomic E-state index is -1.36. The van der Waals surface area contributed by atoms with Gasteiger partial charge in [-0.05, 0) is 59.7 Å². The first-order valence-corrected chi connectivity index (χ1v) is 16.3. The van der Waals surface area contributed by atoms with Crippen molar-refractivity contribution in [3.05, 3.63) is 128 Å². The smallest absolute Gasteiger partial charge is 0.266 e. The standard InChI is InChI=1S/C35H36Br2N4O4/c1-41(2)27-16-12-24(13-17-27)23-38-40-34(43)35(22-26-8-3-5-10-30(26)36)32(29-9-4-6-11-31(29)37)45-33(39-35)25-14-18-28(19-15-25)44-21-7-20-42/h3-6,8-19,32,38,42H,7,20-23H2,1-2H3,(H,40,43)/t32-,35-/m0/s1. The fraction of sp³-hybridized carbons (Fsp3) is 0.257. The summed E-state index contributed by atoms with van der Waals surface area (Å²) in [5.41, 5.74) is 9.30. The first kappa shape index (κ1) is 32.7. The van der Waals surface area contributed by atoms with Gasteiger partial charge in [0.1, 0.15) is 5.75 Å². The number of hydrogen-bond acceptors (Lipinski definition) is 7. The summed E-state index contributed by atoms with van der Waals surface area (Å²) < 4.78 is 14.0. The highest BCUT2D eigenvalue weighted by molar-refractivity contribution is 9.10. The van der Waals surface area contributed by atoms with Gasteiger partial charge in [-0.2, -0.15) is 0 Å². The van der Waals surface area contributed by atoms with Gasteiger partial charge in [-0.25, -0.2) is 10.4 Å². The fourth-order valence-electron chi connectivity index (χ4n) is 5.13. The Bertz CT molecular complexity index is 1630. The minimum Gasteiger partial charge on any atom is -0.494 e. The Morgan fingerprint density at radius 3 is 2.31 bits per heavy atom. The zero-order valence-electron chi connectivity index (χ0n) is 25.2. The van der Waals surface area contributed by atoms with E-state index in [9.17, 15) is 4.79 Å². The van der Waals surface area contributed by atoms with Crippen molar-refractivity contribution in [2.45, 2.75) is 31.0 Å². The van der Waals surface area contributed by atoms with Crippen LogP contribution in [0.4, 0.5) is 5.69 Å². The molecule has 0 saturated carbocycles. The Labute approximate surface area is 280 Å². The van der Waals surface area contributed by atoms with Crippen LogP contribution in [0.2, 0.25) is 0 Å². The van der Waals surface area contributed by atoms with Crippen LogP contribution in [0.3, 0.4) is 0 Å². The summed E-state index contributed by atoms with van der Waals surface area (Å²) in [5, 5.41) is 9.07. The van der Waals surface area contributed by atoms with E-state index in [4.69, 9.17) is 19.6 Å². The van der Waals surface area contributed by atoms with Gasteiger partial charge in [0.05, 0.1) is 6.61 Å². The third-order valence-corrected chi connectivity index (χ3v) is 9.08. The van der Waals surface area contributed by atoms with Crippen molar-refractivity contribution in [1.29, 1.82) is 0 Å². The molecule has 2 atom stereocenters. The number of nitrogens with zero attached hydrogens (tertiary/aromatic N) is 2. The molecule has 0 bridgehead atoms. The molecule has 5 rings (SSSR count). The number of halogens is 2. The highest BCUT2D eigenvalue weighted by Gasteiger charge is 2.54. The average molecular weight is 737 g/mol. The van der Waals surface area contributed by atoms with Crippen LogP contribution >= 0.6 is 31.9 Å². The van der Waals surface area contributed by atoms with Crippen molar-refractivity contribution < 1.29 is 19.4 Å². The predicted octanol–water partition coefficient (Wildman–Crippen LogP) is 6.36. The monoisotopic (exact) mass is 734 g/mol.